The van der Waals surface area contributed by atoms with E-state index in [9.17, 15) is 4.79 Å². The minimum absolute atomic E-state index is 0.0138. The van der Waals surface area contributed by atoms with Crippen molar-refractivity contribution >= 4 is 17.5 Å². The first-order chi connectivity index (χ1) is 12.1. The number of piperidine rings is 3. The van der Waals surface area contributed by atoms with E-state index in [1.807, 2.05) is 0 Å². The number of benzene rings is 1. The van der Waals surface area contributed by atoms with Crippen molar-refractivity contribution in [3.63, 3.8) is 0 Å². The van der Waals surface area contributed by atoms with E-state index in [2.05, 4.69) is 22.1 Å². The highest BCUT2D eigenvalue weighted by molar-refractivity contribution is 6.29. The Bertz CT molecular complexity index is 748. The normalized spacial score (nSPS) is 27.9. The molecule has 3 aliphatic rings. The van der Waals surface area contributed by atoms with Crippen LogP contribution in [0.25, 0.3) is 0 Å². The maximum atomic E-state index is 12.6. The van der Waals surface area contributed by atoms with Crippen LogP contribution in [0.1, 0.15) is 30.1 Å². The molecule has 5 nitrogen and oxygen atoms in total. The molecule has 2 atom stereocenters. The molecule has 6 heteroatoms. The van der Waals surface area contributed by atoms with Gasteiger partial charge in [0.2, 0.25) is 0 Å². The summed E-state index contributed by atoms with van der Waals surface area (Å²) < 4.78 is 5.66. The lowest BCUT2D eigenvalue weighted by atomic mass is 9.79. The number of aromatic amines is 1. The van der Waals surface area contributed by atoms with Crippen molar-refractivity contribution in [2.45, 2.75) is 31.8 Å². The summed E-state index contributed by atoms with van der Waals surface area (Å²) in [7, 11) is 0. The Morgan fingerprint density at radius 1 is 1.20 bits per heavy atom. The molecule has 2 N–H and O–H groups in total. The van der Waals surface area contributed by atoms with Gasteiger partial charge in [-0.25, -0.2) is 0 Å². The van der Waals surface area contributed by atoms with Crippen molar-refractivity contribution in [3.05, 3.63) is 47.1 Å². The molecule has 1 unspecified atom stereocenters. The summed E-state index contributed by atoms with van der Waals surface area (Å²) in [6.07, 6.45) is 2.36. The number of H-pyrrole nitrogens is 1. The monoisotopic (exact) mass is 359 g/mol. The Morgan fingerprint density at radius 3 is 2.52 bits per heavy atom. The number of halogens is 1. The molecule has 3 saturated heterocycles. The largest absolute Gasteiger partial charge is 0.441 e. The van der Waals surface area contributed by atoms with Crippen LogP contribution in [0.5, 0.6) is 11.6 Å². The lowest BCUT2D eigenvalue weighted by molar-refractivity contribution is 0.0217. The molecule has 4 heterocycles. The van der Waals surface area contributed by atoms with E-state index >= 15 is 0 Å². The number of nitrogens with one attached hydrogen (secondary N) is 2. The van der Waals surface area contributed by atoms with Gasteiger partial charge < -0.3 is 15.0 Å². The van der Waals surface area contributed by atoms with Crippen molar-refractivity contribution < 1.29 is 9.53 Å². The highest BCUT2D eigenvalue weighted by Gasteiger charge is 2.40. The average molecular weight is 360 g/mol. The van der Waals surface area contributed by atoms with E-state index in [1.165, 1.54) is 12.8 Å². The van der Waals surface area contributed by atoms with Gasteiger partial charge in [-0.05, 0) is 69.1 Å². The standard InChI is InChI=1S/C19H22ClN3O2/c1-12-18(13-8-10-23(12)11-9-13)22-19(24)14-2-4-15(5-3-14)25-17-7-6-16(20)21-17/h2-7,12-13,18,21H,8-11H2,1H3,(H,22,24)/t12?,18-/m0/s1. The predicted molar refractivity (Wildman–Crippen MR) is 97.3 cm³/mol. The molecule has 0 saturated carbocycles. The highest BCUT2D eigenvalue weighted by atomic mass is 35.5. The van der Waals surface area contributed by atoms with Gasteiger partial charge in [-0.2, -0.15) is 0 Å². The minimum atomic E-state index is -0.0138. The number of carbonyl (C=O) groups is 1. The van der Waals surface area contributed by atoms with Crippen molar-refractivity contribution in [1.29, 1.82) is 0 Å². The van der Waals surface area contributed by atoms with Gasteiger partial charge in [0.25, 0.3) is 5.91 Å². The molecule has 5 rings (SSSR count). The van der Waals surface area contributed by atoms with Crippen LogP contribution in [-0.2, 0) is 0 Å². The molecule has 0 aliphatic carbocycles. The Kier molecular flexibility index (Phi) is 4.44. The van der Waals surface area contributed by atoms with Gasteiger partial charge >= 0.3 is 0 Å². The number of hydrogen-bond acceptors (Lipinski definition) is 3. The molecule has 1 amide bonds. The second-order valence-electron chi connectivity index (χ2n) is 6.91. The molecule has 1 aromatic carbocycles. The van der Waals surface area contributed by atoms with E-state index < -0.39 is 0 Å². The van der Waals surface area contributed by atoms with Crippen LogP contribution < -0.4 is 10.1 Å². The van der Waals surface area contributed by atoms with Crippen LogP contribution in [0.4, 0.5) is 0 Å². The quantitative estimate of drug-likeness (QED) is 0.875. The zero-order valence-electron chi connectivity index (χ0n) is 14.2. The van der Waals surface area contributed by atoms with Crippen LogP contribution >= 0.6 is 11.6 Å². The second-order valence-corrected chi connectivity index (χ2v) is 7.32. The number of hydrogen-bond donors (Lipinski definition) is 2. The minimum Gasteiger partial charge on any atom is -0.441 e. The Hall–Kier alpha value is -1.98. The van der Waals surface area contributed by atoms with Crippen molar-refractivity contribution in [2.75, 3.05) is 13.1 Å². The van der Waals surface area contributed by atoms with Gasteiger partial charge in [0.1, 0.15) is 10.9 Å². The summed E-state index contributed by atoms with van der Waals surface area (Å²) >= 11 is 5.83. The molecule has 3 fully saturated rings. The second kappa shape index (κ2) is 6.73. The van der Waals surface area contributed by atoms with E-state index in [0.717, 1.165) is 13.1 Å². The van der Waals surface area contributed by atoms with Gasteiger partial charge in [0.15, 0.2) is 5.88 Å². The molecule has 1 aromatic heterocycles. The summed E-state index contributed by atoms with van der Waals surface area (Å²) in [5, 5.41) is 3.77. The molecule has 0 spiro atoms. The van der Waals surface area contributed by atoms with E-state index in [4.69, 9.17) is 16.3 Å². The van der Waals surface area contributed by atoms with Crippen LogP contribution in [0.15, 0.2) is 36.4 Å². The molecule has 25 heavy (non-hydrogen) atoms. The van der Waals surface area contributed by atoms with E-state index in [-0.39, 0.29) is 11.9 Å². The van der Waals surface area contributed by atoms with Gasteiger partial charge in [-0.3, -0.25) is 9.69 Å². The lowest BCUT2D eigenvalue weighted by Crippen LogP contribution is -2.62. The van der Waals surface area contributed by atoms with E-state index in [0.29, 0.717) is 34.3 Å². The number of amides is 1. The van der Waals surface area contributed by atoms with Crippen LogP contribution in [0.3, 0.4) is 0 Å². The third-order valence-electron chi connectivity index (χ3n) is 5.44. The van der Waals surface area contributed by atoms with Crippen molar-refractivity contribution in [3.8, 4) is 11.6 Å². The molecule has 3 aliphatic heterocycles. The Labute approximate surface area is 152 Å². The van der Waals surface area contributed by atoms with Crippen molar-refractivity contribution in [2.24, 2.45) is 5.92 Å². The topological polar surface area (TPSA) is 57.4 Å². The third kappa shape index (κ3) is 3.39. The molecule has 0 radical (unpaired) electrons. The van der Waals surface area contributed by atoms with Gasteiger partial charge in [-0.1, -0.05) is 11.6 Å². The van der Waals surface area contributed by atoms with Gasteiger partial charge in [0, 0.05) is 23.7 Å². The number of ether oxygens (including phenoxy) is 1. The fraction of sp³-hybridized carbons (Fsp3) is 0.421. The summed E-state index contributed by atoms with van der Waals surface area (Å²) in [5.41, 5.74) is 0.653. The third-order valence-corrected chi connectivity index (χ3v) is 5.66. The number of aromatic nitrogens is 1. The van der Waals surface area contributed by atoms with Gasteiger partial charge in [0.05, 0.1) is 0 Å². The average Bonchev–Trinajstić information content (AvgIpc) is 3.04. The summed E-state index contributed by atoms with van der Waals surface area (Å²) in [6, 6.07) is 11.3. The maximum Gasteiger partial charge on any atom is 0.251 e. The van der Waals surface area contributed by atoms with Gasteiger partial charge in [-0.15, -0.1) is 0 Å². The first-order valence-corrected chi connectivity index (χ1v) is 9.15. The summed E-state index contributed by atoms with van der Waals surface area (Å²) in [4.78, 5) is 18.0. The predicted octanol–water partition coefficient (Wildman–Crippen LogP) is 3.67. The maximum absolute atomic E-state index is 12.6. The van der Waals surface area contributed by atoms with Crippen LogP contribution in [0.2, 0.25) is 5.15 Å². The number of carbonyl (C=O) groups excluding carboxylic acids is 1. The van der Waals surface area contributed by atoms with E-state index in [1.54, 1.807) is 36.4 Å². The molecular formula is C19H22ClN3O2. The molecule has 132 valence electrons. The van der Waals surface area contributed by atoms with Crippen molar-refractivity contribution in [1.82, 2.24) is 15.2 Å². The fourth-order valence-electron chi connectivity index (χ4n) is 3.99. The SMILES string of the molecule is CC1[C@H](NC(=O)c2ccc(Oc3ccc(Cl)[nH]3)cc2)C2CCN1CC2. The highest BCUT2D eigenvalue weighted by Crippen LogP contribution is 2.32. The molecule has 2 bridgehead atoms. The zero-order valence-corrected chi connectivity index (χ0v) is 14.9. The Morgan fingerprint density at radius 2 is 1.92 bits per heavy atom. The van der Waals surface area contributed by atoms with Crippen LogP contribution in [-0.4, -0.2) is 41.0 Å². The lowest BCUT2D eigenvalue weighted by Gasteiger charge is -2.49. The fourth-order valence-corrected chi connectivity index (χ4v) is 4.15. The first-order valence-electron chi connectivity index (χ1n) is 8.77. The first kappa shape index (κ1) is 16.5. The molecule has 2 aromatic rings. The summed E-state index contributed by atoms with van der Waals surface area (Å²) in [5.74, 6) is 1.82. The zero-order chi connectivity index (χ0) is 17.4. The Balaban J connectivity index is 1.40. The smallest absolute Gasteiger partial charge is 0.251 e. The summed E-state index contributed by atoms with van der Waals surface area (Å²) in [6.45, 7) is 4.54. The number of fused-ring (bicyclic) bond motifs is 3. The number of nitrogens with zero attached hydrogens (tertiary/aromatic N) is 1. The number of rotatable bonds is 4. The molecular weight excluding hydrogens is 338 g/mol. The van der Waals surface area contributed by atoms with Crippen LogP contribution in [0, 0.1) is 5.92 Å².